The van der Waals surface area contributed by atoms with Gasteiger partial charge in [-0.25, -0.2) is 13.1 Å². The molecule has 2 N–H and O–H groups in total. The van der Waals surface area contributed by atoms with Crippen LogP contribution in [0, 0.1) is 5.92 Å². The fraction of sp³-hybridized carbons (Fsp3) is 0.500. The van der Waals surface area contributed by atoms with E-state index >= 15 is 0 Å². The second kappa shape index (κ2) is 7.91. The summed E-state index contributed by atoms with van der Waals surface area (Å²) in [4.78, 5) is 11.9. The molecule has 7 heteroatoms. The van der Waals surface area contributed by atoms with Crippen LogP contribution < -0.4 is 10.0 Å². The lowest BCUT2D eigenvalue weighted by atomic mass is 10.1. The van der Waals surface area contributed by atoms with E-state index in [-0.39, 0.29) is 29.8 Å². The molecule has 0 aromatic heterocycles. The van der Waals surface area contributed by atoms with Gasteiger partial charge < -0.3 is 5.32 Å². The van der Waals surface area contributed by atoms with Gasteiger partial charge in [-0.2, -0.15) is 0 Å². The minimum absolute atomic E-state index is 0.0700. The first-order chi connectivity index (χ1) is 9.72. The van der Waals surface area contributed by atoms with Crippen LogP contribution >= 0.6 is 15.9 Å². The highest BCUT2D eigenvalue weighted by atomic mass is 79.9. The van der Waals surface area contributed by atoms with Crippen LogP contribution in [0.1, 0.15) is 27.2 Å². The number of hydrogen-bond acceptors (Lipinski definition) is 3. The van der Waals surface area contributed by atoms with E-state index in [1.165, 1.54) is 12.1 Å². The lowest BCUT2D eigenvalue weighted by Crippen LogP contribution is -2.38. The first kappa shape index (κ1) is 18.1. The van der Waals surface area contributed by atoms with Gasteiger partial charge in [0.2, 0.25) is 15.9 Å². The summed E-state index contributed by atoms with van der Waals surface area (Å²) in [5.41, 5.74) is 0. The van der Waals surface area contributed by atoms with Crippen molar-refractivity contribution < 1.29 is 13.2 Å². The van der Waals surface area contributed by atoms with Crippen LogP contribution in [0.3, 0.4) is 0 Å². The van der Waals surface area contributed by atoms with Gasteiger partial charge >= 0.3 is 0 Å². The molecule has 21 heavy (non-hydrogen) atoms. The summed E-state index contributed by atoms with van der Waals surface area (Å²) in [5.74, 6) is 0.183. The van der Waals surface area contributed by atoms with Gasteiger partial charge in [0, 0.05) is 23.5 Å². The predicted molar refractivity (Wildman–Crippen MR) is 86.4 cm³/mol. The maximum absolute atomic E-state index is 12.0. The van der Waals surface area contributed by atoms with Gasteiger partial charge in [-0.3, -0.25) is 4.79 Å². The molecule has 0 fully saturated rings. The summed E-state index contributed by atoms with van der Waals surface area (Å²) in [6, 6.07) is 6.40. The van der Waals surface area contributed by atoms with Gasteiger partial charge in [0.05, 0.1) is 4.90 Å². The maximum atomic E-state index is 12.0. The second-order valence-electron chi connectivity index (χ2n) is 5.20. The van der Waals surface area contributed by atoms with Gasteiger partial charge in [-0.15, -0.1) is 0 Å². The van der Waals surface area contributed by atoms with Crippen LogP contribution in [-0.4, -0.2) is 26.9 Å². The zero-order valence-corrected chi connectivity index (χ0v) is 14.8. The minimum atomic E-state index is -3.57. The molecule has 0 saturated carbocycles. The molecule has 0 aliphatic rings. The Labute approximate surface area is 134 Å². The quantitative estimate of drug-likeness (QED) is 0.766. The number of amides is 1. The van der Waals surface area contributed by atoms with Crippen molar-refractivity contribution in [3.05, 3.63) is 28.7 Å². The first-order valence-electron chi connectivity index (χ1n) is 6.77. The van der Waals surface area contributed by atoms with Crippen molar-refractivity contribution in [2.75, 3.05) is 6.54 Å². The molecule has 0 saturated heterocycles. The molecule has 118 valence electrons. The van der Waals surface area contributed by atoms with E-state index in [0.717, 1.165) is 4.47 Å². The fourth-order valence-corrected chi connectivity index (χ4v) is 2.78. The van der Waals surface area contributed by atoms with E-state index < -0.39 is 10.0 Å². The van der Waals surface area contributed by atoms with E-state index in [0.29, 0.717) is 5.92 Å². The molecule has 0 aliphatic carbocycles. The van der Waals surface area contributed by atoms with Gasteiger partial charge in [-0.05, 0) is 37.1 Å². The van der Waals surface area contributed by atoms with Crippen LogP contribution in [0.2, 0.25) is 0 Å². The molecule has 5 nitrogen and oxygen atoms in total. The Kier molecular flexibility index (Phi) is 6.83. The summed E-state index contributed by atoms with van der Waals surface area (Å²) in [6.07, 6.45) is 0.118. The number of carbonyl (C=O) groups is 1. The van der Waals surface area contributed by atoms with E-state index in [1.807, 2.05) is 20.8 Å². The molecule has 0 bridgehead atoms. The molecule has 1 aromatic carbocycles. The number of nitrogens with one attached hydrogen (secondary N) is 2. The molecule has 0 heterocycles. The molecule has 1 rings (SSSR count). The number of carbonyl (C=O) groups excluding carboxylic acids is 1. The van der Waals surface area contributed by atoms with Crippen LogP contribution in [0.15, 0.2) is 33.6 Å². The summed E-state index contributed by atoms with van der Waals surface area (Å²) >= 11 is 3.25. The predicted octanol–water partition coefficient (Wildman–Crippen LogP) is 2.28. The first-order valence-corrected chi connectivity index (χ1v) is 9.04. The van der Waals surface area contributed by atoms with Crippen molar-refractivity contribution in [1.82, 2.24) is 10.0 Å². The Morgan fingerprint density at radius 3 is 2.29 bits per heavy atom. The van der Waals surface area contributed by atoms with Crippen molar-refractivity contribution in [2.45, 2.75) is 38.1 Å². The molecule has 0 spiro atoms. The van der Waals surface area contributed by atoms with Crippen LogP contribution in [0.4, 0.5) is 0 Å². The number of sulfonamides is 1. The molecule has 0 aliphatic heterocycles. The summed E-state index contributed by atoms with van der Waals surface area (Å²) in [5, 5.41) is 2.83. The monoisotopic (exact) mass is 376 g/mol. The minimum Gasteiger partial charge on any atom is -0.353 e. The Balaban J connectivity index is 2.48. The average Bonchev–Trinajstić information content (AvgIpc) is 2.38. The van der Waals surface area contributed by atoms with E-state index in [2.05, 4.69) is 26.0 Å². The highest BCUT2D eigenvalue weighted by Crippen LogP contribution is 2.14. The van der Waals surface area contributed by atoms with Gasteiger partial charge in [0.25, 0.3) is 0 Å². The van der Waals surface area contributed by atoms with Crippen molar-refractivity contribution in [3.8, 4) is 0 Å². The third kappa shape index (κ3) is 6.15. The lowest BCUT2D eigenvalue weighted by Gasteiger charge is -2.17. The average molecular weight is 377 g/mol. The number of rotatable bonds is 7. The summed E-state index contributed by atoms with van der Waals surface area (Å²) < 4.78 is 27.2. The number of benzene rings is 1. The summed E-state index contributed by atoms with van der Waals surface area (Å²) in [6.45, 7) is 6.03. The number of hydrogen-bond donors (Lipinski definition) is 2. The van der Waals surface area contributed by atoms with E-state index in [1.54, 1.807) is 12.1 Å². The topological polar surface area (TPSA) is 75.3 Å². The van der Waals surface area contributed by atoms with Crippen LogP contribution in [0.5, 0.6) is 0 Å². The number of halogens is 1. The van der Waals surface area contributed by atoms with Gasteiger partial charge in [-0.1, -0.05) is 29.8 Å². The summed E-state index contributed by atoms with van der Waals surface area (Å²) in [7, 11) is -3.57. The third-order valence-corrected chi connectivity index (χ3v) is 5.16. The van der Waals surface area contributed by atoms with Gasteiger partial charge in [0.15, 0.2) is 0 Å². The molecule has 1 atom stereocenters. The SMILES string of the molecule is CC(C)C(C)NC(=O)CCNS(=O)(=O)c1ccc(Br)cc1. The highest BCUT2D eigenvalue weighted by Gasteiger charge is 2.15. The van der Waals surface area contributed by atoms with Crippen molar-refractivity contribution in [3.63, 3.8) is 0 Å². The molecule has 1 aromatic rings. The second-order valence-corrected chi connectivity index (χ2v) is 7.88. The zero-order valence-electron chi connectivity index (χ0n) is 12.4. The largest absolute Gasteiger partial charge is 0.353 e. The Bertz CT molecular complexity index is 570. The standard InChI is InChI=1S/C14H21BrN2O3S/c1-10(2)11(3)17-14(18)8-9-16-21(19,20)13-6-4-12(15)5-7-13/h4-7,10-11,16H,8-9H2,1-3H3,(H,17,18). The Morgan fingerprint density at radius 1 is 1.19 bits per heavy atom. The normalized spacial score (nSPS) is 13.2. The van der Waals surface area contributed by atoms with Crippen LogP contribution in [-0.2, 0) is 14.8 Å². The smallest absolute Gasteiger partial charge is 0.240 e. The van der Waals surface area contributed by atoms with Crippen LogP contribution in [0.25, 0.3) is 0 Å². The molecule has 1 amide bonds. The molecular weight excluding hydrogens is 356 g/mol. The van der Waals surface area contributed by atoms with Crippen molar-refractivity contribution in [2.24, 2.45) is 5.92 Å². The lowest BCUT2D eigenvalue weighted by molar-refractivity contribution is -0.121. The third-order valence-electron chi connectivity index (χ3n) is 3.16. The Hall–Kier alpha value is -0.920. The highest BCUT2D eigenvalue weighted by molar-refractivity contribution is 9.10. The van der Waals surface area contributed by atoms with Gasteiger partial charge in [0.1, 0.15) is 0 Å². The molecular formula is C14H21BrN2O3S. The Morgan fingerprint density at radius 2 is 1.76 bits per heavy atom. The molecule has 0 radical (unpaired) electrons. The van der Waals surface area contributed by atoms with E-state index in [4.69, 9.17) is 0 Å². The van der Waals surface area contributed by atoms with Crippen molar-refractivity contribution in [1.29, 1.82) is 0 Å². The van der Waals surface area contributed by atoms with Crippen molar-refractivity contribution >= 4 is 31.9 Å². The molecule has 1 unspecified atom stereocenters. The maximum Gasteiger partial charge on any atom is 0.240 e. The fourth-order valence-electron chi connectivity index (χ4n) is 1.49. The van der Waals surface area contributed by atoms with E-state index in [9.17, 15) is 13.2 Å². The zero-order chi connectivity index (χ0) is 16.0.